The highest BCUT2D eigenvalue weighted by Gasteiger charge is 2.34. The van der Waals surface area contributed by atoms with Crippen LogP contribution in [0.2, 0.25) is 0 Å². The summed E-state index contributed by atoms with van der Waals surface area (Å²) in [4.78, 5) is 29.6. The van der Waals surface area contributed by atoms with Gasteiger partial charge in [-0.1, -0.05) is 54.6 Å². The molecule has 2 heterocycles. The molecule has 0 bridgehead atoms. The molecule has 0 saturated carbocycles. The van der Waals surface area contributed by atoms with Gasteiger partial charge < -0.3 is 14.6 Å². The van der Waals surface area contributed by atoms with Gasteiger partial charge in [0.1, 0.15) is 0 Å². The number of hydrogen-bond donors (Lipinski definition) is 1. The summed E-state index contributed by atoms with van der Waals surface area (Å²) in [6.07, 6.45) is -4.60. The maximum absolute atomic E-state index is 13.5. The number of ether oxygens (including phenoxy) is 1. The second-order valence-corrected chi connectivity index (χ2v) is 8.45. The van der Waals surface area contributed by atoms with Gasteiger partial charge in [0.15, 0.2) is 0 Å². The first-order chi connectivity index (χ1) is 16.8. The first kappa shape index (κ1) is 22.9. The van der Waals surface area contributed by atoms with E-state index in [1.165, 1.54) is 24.3 Å². The monoisotopic (exact) mass is 478 g/mol. The maximum atomic E-state index is 13.5. The van der Waals surface area contributed by atoms with Crippen LogP contribution < -0.4 is 10.5 Å². The summed E-state index contributed by atoms with van der Waals surface area (Å²) in [5, 5.41) is 0.769. The van der Waals surface area contributed by atoms with E-state index >= 15 is 0 Å². The van der Waals surface area contributed by atoms with Crippen molar-refractivity contribution in [1.82, 2.24) is 4.98 Å². The fourth-order valence-corrected chi connectivity index (χ4v) is 4.35. The van der Waals surface area contributed by atoms with E-state index in [0.29, 0.717) is 24.2 Å². The van der Waals surface area contributed by atoms with Gasteiger partial charge in [-0.05, 0) is 35.2 Å². The smallest absolute Gasteiger partial charge is 0.371 e. The van der Waals surface area contributed by atoms with Crippen molar-refractivity contribution < 1.29 is 22.7 Å². The molecule has 1 aliphatic rings. The number of aromatic amines is 1. The van der Waals surface area contributed by atoms with Gasteiger partial charge in [0.05, 0.1) is 31.2 Å². The molecule has 1 N–H and O–H groups in total. The number of amides is 1. The Kier molecular flexibility index (Phi) is 5.90. The highest BCUT2D eigenvalue weighted by Crippen LogP contribution is 2.36. The molecule has 1 unspecified atom stereocenters. The number of benzene rings is 3. The molecule has 178 valence electrons. The summed E-state index contributed by atoms with van der Waals surface area (Å²) in [5.74, 6) is -0.116. The normalized spacial score (nSPS) is 16.3. The number of rotatable bonds is 5. The highest BCUT2D eigenvalue weighted by atomic mass is 19.4. The lowest BCUT2D eigenvalue weighted by atomic mass is 10.0. The summed E-state index contributed by atoms with van der Waals surface area (Å²) in [6.45, 7) is 0.748. The maximum Gasteiger partial charge on any atom is 0.417 e. The van der Waals surface area contributed by atoms with Gasteiger partial charge in [-0.15, -0.1) is 0 Å². The average Bonchev–Trinajstić information content (AvgIpc) is 3.23. The van der Waals surface area contributed by atoms with Crippen molar-refractivity contribution in [3.05, 3.63) is 100 Å². The van der Waals surface area contributed by atoms with Crippen LogP contribution in [0.1, 0.15) is 17.5 Å². The van der Waals surface area contributed by atoms with E-state index in [1.54, 1.807) is 23.1 Å². The molecule has 1 aromatic heterocycles. The fraction of sp³-hybridized carbons (Fsp3) is 0.185. The molecule has 1 amide bonds. The molecule has 8 heteroatoms. The number of nitrogens with one attached hydrogen (secondary N) is 1. The highest BCUT2D eigenvalue weighted by molar-refractivity contribution is 5.98. The summed E-state index contributed by atoms with van der Waals surface area (Å²) >= 11 is 0. The third-order valence-electron chi connectivity index (χ3n) is 6.08. The van der Waals surface area contributed by atoms with Crippen LogP contribution in [-0.2, 0) is 22.3 Å². The minimum Gasteiger partial charge on any atom is -0.371 e. The van der Waals surface area contributed by atoms with Crippen molar-refractivity contribution >= 4 is 22.4 Å². The molecule has 3 aromatic carbocycles. The molecule has 0 radical (unpaired) electrons. The summed E-state index contributed by atoms with van der Waals surface area (Å²) in [6, 6.07) is 21.2. The number of alkyl halides is 3. The quantitative estimate of drug-likeness (QED) is 0.410. The number of nitrogens with zero attached hydrogens (tertiary/aromatic N) is 1. The topological polar surface area (TPSA) is 62.4 Å². The lowest BCUT2D eigenvalue weighted by Crippen LogP contribution is -2.26. The number of carbonyl (C=O) groups is 1. The van der Waals surface area contributed by atoms with E-state index in [2.05, 4.69) is 4.98 Å². The molecule has 5 nitrogen and oxygen atoms in total. The van der Waals surface area contributed by atoms with E-state index in [0.717, 1.165) is 11.6 Å². The molecule has 35 heavy (non-hydrogen) atoms. The summed E-state index contributed by atoms with van der Waals surface area (Å²) < 4.78 is 46.3. The Morgan fingerprint density at radius 1 is 0.943 bits per heavy atom. The first-order valence-electron chi connectivity index (χ1n) is 11.1. The van der Waals surface area contributed by atoms with E-state index in [-0.39, 0.29) is 35.1 Å². The van der Waals surface area contributed by atoms with E-state index in [4.69, 9.17) is 4.74 Å². The lowest BCUT2D eigenvalue weighted by Gasteiger charge is -2.18. The summed E-state index contributed by atoms with van der Waals surface area (Å²) in [5.41, 5.74) is 0.183. The number of fused-ring (bicyclic) bond motifs is 1. The van der Waals surface area contributed by atoms with Crippen molar-refractivity contribution in [3.8, 4) is 11.3 Å². The molecule has 4 aromatic rings. The summed E-state index contributed by atoms with van der Waals surface area (Å²) in [7, 11) is 0. The first-order valence-corrected chi connectivity index (χ1v) is 11.1. The minimum absolute atomic E-state index is 0.0785. The zero-order valence-electron chi connectivity index (χ0n) is 18.5. The number of anilines is 1. The van der Waals surface area contributed by atoms with Crippen LogP contribution >= 0.6 is 0 Å². The molecule has 1 fully saturated rings. The molecule has 1 atom stereocenters. The van der Waals surface area contributed by atoms with Gasteiger partial charge in [-0.2, -0.15) is 13.2 Å². The van der Waals surface area contributed by atoms with Gasteiger partial charge in [0, 0.05) is 22.3 Å². The van der Waals surface area contributed by atoms with Gasteiger partial charge in [-0.25, -0.2) is 0 Å². The third kappa shape index (κ3) is 4.70. The van der Waals surface area contributed by atoms with Crippen LogP contribution in [-0.4, -0.2) is 23.5 Å². The number of H-pyrrole nitrogens is 1. The van der Waals surface area contributed by atoms with Crippen molar-refractivity contribution in [2.75, 3.05) is 11.4 Å². The Balaban J connectivity index is 1.41. The molecular weight excluding hydrogens is 457 g/mol. The van der Waals surface area contributed by atoms with Crippen LogP contribution in [0.3, 0.4) is 0 Å². The molecule has 5 rings (SSSR count). The van der Waals surface area contributed by atoms with Crippen molar-refractivity contribution in [2.24, 2.45) is 0 Å². The Morgan fingerprint density at radius 3 is 2.46 bits per heavy atom. The standard InChI is InChI=1S/C27H21F3N2O3/c28-27(29,30)23-9-5-4-8-21(23)24-12-18-10-11-19(13-22(18)26(34)31-24)32-15-20(14-25(32)33)35-16-17-6-2-1-3-7-17/h1-13,20H,14-16H2,(H,31,34). The molecule has 1 saturated heterocycles. The van der Waals surface area contributed by atoms with Crippen molar-refractivity contribution in [1.29, 1.82) is 0 Å². The third-order valence-corrected chi connectivity index (χ3v) is 6.08. The number of aromatic nitrogens is 1. The second-order valence-electron chi connectivity index (χ2n) is 8.45. The number of hydrogen-bond acceptors (Lipinski definition) is 3. The SMILES string of the molecule is O=C1CC(OCc2ccccc2)CN1c1ccc2cc(-c3ccccc3C(F)(F)F)[nH]c(=O)c2c1. The van der Waals surface area contributed by atoms with E-state index in [1.807, 2.05) is 30.3 Å². The molecule has 0 spiro atoms. The van der Waals surface area contributed by atoms with Gasteiger partial charge >= 0.3 is 6.18 Å². The Morgan fingerprint density at radius 2 is 1.69 bits per heavy atom. The van der Waals surface area contributed by atoms with E-state index < -0.39 is 17.3 Å². The van der Waals surface area contributed by atoms with Gasteiger partial charge in [0.25, 0.3) is 5.56 Å². The zero-order chi connectivity index (χ0) is 24.6. The molecule has 1 aliphatic heterocycles. The van der Waals surface area contributed by atoms with Crippen LogP contribution in [0.15, 0.2) is 83.7 Å². The lowest BCUT2D eigenvalue weighted by molar-refractivity contribution is -0.137. The minimum atomic E-state index is -4.55. The van der Waals surface area contributed by atoms with Crippen LogP contribution in [0.25, 0.3) is 22.0 Å². The zero-order valence-corrected chi connectivity index (χ0v) is 18.5. The van der Waals surface area contributed by atoms with Crippen LogP contribution in [0, 0.1) is 0 Å². The number of carbonyl (C=O) groups excluding carboxylic acids is 1. The average molecular weight is 478 g/mol. The van der Waals surface area contributed by atoms with Crippen molar-refractivity contribution in [2.45, 2.75) is 25.3 Å². The van der Waals surface area contributed by atoms with Gasteiger partial charge in [-0.3, -0.25) is 9.59 Å². The van der Waals surface area contributed by atoms with Crippen LogP contribution in [0.5, 0.6) is 0 Å². The number of halogens is 3. The fourth-order valence-electron chi connectivity index (χ4n) is 4.35. The predicted molar refractivity (Wildman–Crippen MR) is 127 cm³/mol. The number of pyridine rings is 1. The van der Waals surface area contributed by atoms with Crippen molar-refractivity contribution in [3.63, 3.8) is 0 Å². The Labute approximate surface area is 198 Å². The molecular formula is C27H21F3N2O3. The van der Waals surface area contributed by atoms with Crippen LogP contribution in [0.4, 0.5) is 18.9 Å². The Hall–Kier alpha value is -3.91. The Bertz CT molecular complexity index is 1450. The van der Waals surface area contributed by atoms with E-state index in [9.17, 15) is 22.8 Å². The van der Waals surface area contributed by atoms with Gasteiger partial charge in [0.2, 0.25) is 5.91 Å². The molecule has 0 aliphatic carbocycles. The second kappa shape index (κ2) is 9.03. The predicted octanol–water partition coefficient (Wildman–Crippen LogP) is 5.54. The largest absolute Gasteiger partial charge is 0.417 e.